The fourth-order valence-electron chi connectivity index (χ4n) is 4.93. The van der Waals surface area contributed by atoms with E-state index in [0.29, 0.717) is 31.4 Å². The van der Waals surface area contributed by atoms with Crippen LogP contribution < -0.4 is 5.32 Å². The number of hydrogen-bond donors (Lipinski definition) is 1. The number of rotatable bonds is 6. The van der Waals surface area contributed by atoms with E-state index < -0.39 is 44.4 Å². The van der Waals surface area contributed by atoms with E-state index in [4.69, 9.17) is 16.3 Å². The van der Waals surface area contributed by atoms with Gasteiger partial charge < -0.3 is 10.1 Å². The summed E-state index contributed by atoms with van der Waals surface area (Å²) in [7, 11) is -4.01. The molecule has 2 bridgehead atoms. The van der Waals surface area contributed by atoms with Gasteiger partial charge in [0.15, 0.2) is 27.3 Å². The molecule has 1 N–H and O–H groups in total. The fraction of sp³-hybridized carbons (Fsp3) is 0.333. The Balaban J connectivity index is 1.62. The molecule has 0 saturated heterocycles. The van der Waals surface area contributed by atoms with Gasteiger partial charge in [0.1, 0.15) is 0 Å². The number of anilines is 1. The van der Waals surface area contributed by atoms with Crippen molar-refractivity contribution >= 4 is 39.0 Å². The highest BCUT2D eigenvalue weighted by Crippen LogP contribution is 2.53. The van der Waals surface area contributed by atoms with Gasteiger partial charge in [-0.25, -0.2) is 26.4 Å². The predicted molar refractivity (Wildman–Crippen MR) is 122 cm³/mol. The number of fused-ring (bicyclic) bond motifs is 2. The summed E-state index contributed by atoms with van der Waals surface area (Å²) >= 11 is 6.22. The second kappa shape index (κ2) is 9.66. The summed E-state index contributed by atoms with van der Waals surface area (Å²) in [5, 5.41) is 1.33. The molecule has 2 aliphatic carbocycles. The molecule has 4 rings (SSSR count). The number of allylic oxidation sites excluding steroid dienone is 1. The molecule has 35 heavy (non-hydrogen) atoms. The van der Waals surface area contributed by atoms with E-state index in [1.54, 1.807) is 6.92 Å². The molecule has 0 aromatic heterocycles. The Morgan fingerprint density at radius 1 is 1.14 bits per heavy atom. The predicted octanol–water partition coefficient (Wildman–Crippen LogP) is 5.07. The summed E-state index contributed by atoms with van der Waals surface area (Å²) in [5.41, 5.74) is 0.262. The minimum atomic E-state index is -4.01. The van der Waals surface area contributed by atoms with Gasteiger partial charge in [-0.15, -0.1) is 0 Å². The largest absolute Gasteiger partial charge is 0.463 e. The summed E-state index contributed by atoms with van der Waals surface area (Å²) in [6, 6.07) is 4.84. The number of carbonyl (C=O) groups excluding carboxylic acids is 2. The highest BCUT2D eigenvalue weighted by molar-refractivity contribution is 7.92. The molecule has 0 spiro atoms. The van der Waals surface area contributed by atoms with Gasteiger partial charge in [-0.2, -0.15) is 0 Å². The third-order valence-corrected chi connectivity index (χ3v) is 9.20. The zero-order valence-electron chi connectivity index (χ0n) is 18.5. The standard InChI is InChI=1S/C24H21ClF3NO5S/c1-2-34-21(30)9-14-7-12-3-5-16(14)23(12)35(32,33)20-8-13(4-6-17(20)25)24(31)29-15-10-18(26)22(28)19(27)11-15/h4,6,8-12,16,23H,2-3,5,7H2,1H3,(H,29,31)/b14-9+/t12?,16?,23-/m1/s1. The molecule has 0 aliphatic heterocycles. The highest BCUT2D eigenvalue weighted by Gasteiger charge is 2.52. The van der Waals surface area contributed by atoms with Crippen LogP contribution in [0.3, 0.4) is 0 Å². The number of carbonyl (C=O) groups is 2. The van der Waals surface area contributed by atoms with Crippen LogP contribution >= 0.6 is 11.6 Å². The van der Waals surface area contributed by atoms with E-state index in [0.717, 1.165) is 11.6 Å². The first kappa shape index (κ1) is 25.2. The van der Waals surface area contributed by atoms with Crippen molar-refractivity contribution < 1.29 is 35.9 Å². The Labute approximate surface area is 205 Å². The monoisotopic (exact) mass is 527 g/mol. The quantitative estimate of drug-likeness (QED) is 0.322. The summed E-state index contributed by atoms with van der Waals surface area (Å²) < 4.78 is 72.3. The van der Waals surface area contributed by atoms with Gasteiger partial charge in [-0.05, 0) is 56.2 Å². The zero-order valence-corrected chi connectivity index (χ0v) is 20.1. The molecular formula is C24H21ClF3NO5S. The molecular weight excluding hydrogens is 507 g/mol. The number of hydrogen-bond acceptors (Lipinski definition) is 5. The number of sulfone groups is 1. The van der Waals surface area contributed by atoms with Crippen LogP contribution in [0.5, 0.6) is 0 Å². The Morgan fingerprint density at radius 2 is 1.83 bits per heavy atom. The molecule has 2 fully saturated rings. The molecule has 1 amide bonds. The topological polar surface area (TPSA) is 89.5 Å². The summed E-state index contributed by atoms with van der Waals surface area (Å²) in [5.74, 6) is -6.59. The Morgan fingerprint density at radius 3 is 2.49 bits per heavy atom. The van der Waals surface area contributed by atoms with Crippen LogP contribution in [0.1, 0.15) is 36.5 Å². The molecule has 6 nitrogen and oxygen atoms in total. The minimum absolute atomic E-state index is 0.0809. The van der Waals surface area contributed by atoms with E-state index in [9.17, 15) is 31.2 Å². The van der Waals surface area contributed by atoms with Crippen LogP contribution in [-0.4, -0.2) is 32.2 Å². The molecule has 0 heterocycles. The molecule has 11 heteroatoms. The van der Waals surface area contributed by atoms with E-state index >= 15 is 0 Å². The number of halogens is 4. The molecule has 2 saturated carbocycles. The van der Waals surface area contributed by atoms with Gasteiger partial charge in [-0.3, -0.25) is 4.79 Å². The molecule has 2 unspecified atom stereocenters. The van der Waals surface area contributed by atoms with Crippen LogP contribution in [-0.2, 0) is 19.4 Å². The van der Waals surface area contributed by atoms with Crippen molar-refractivity contribution in [1.82, 2.24) is 0 Å². The summed E-state index contributed by atoms with van der Waals surface area (Å²) in [6.45, 7) is 1.89. The SMILES string of the molecule is CCOC(=O)/C=C1\CC2CCC1[C@@H]2S(=O)(=O)c1cc(C(=O)Nc2cc(F)c(F)c(F)c2)ccc1Cl. The summed E-state index contributed by atoms with van der Waals surface area (Å²) in [4.78, 5) is 24.3. The number of nitrogens with one attached hydrogen (secondary N) is 1. The zero-order chi connectivity index (χ0) is 25.5. The van der Waals surface area contributed by atoms with Gasteiger partial charge >= 0.3 is 5.97 Å². The van der Waals surface area contributed by atoms with Crippen molar-refractivity contribution in [3.05, 3.63) is 70.0 Å². The molecule has 2 aromatic carbocycles. The van der Waals surface area contributed by atoms with Gasteiger partial charge in [0.05, 0.1) is 21.8 Å². The summed E-state index contributed by atoms with van der Waals surface area (Å²) in [6.07, 6.45) is 3.09. The number of benzene rings is 2. The van der Waals surface area contributed by atoms with Crippen molar-refractivity contribution in [3.8, 4) is 0 Å². The normalized spacial score (nSPS) is 22.4. The van der Waals surface area contributed by atoms with Gasteiger partial charge in [0.2, 0.25) is 0 Å². The second-order valence-electron chi connectivity index (χ2n) is 8.48. The number of ether oxygens (including phenoxy) is 1. The lowest BCUT2D eigenvalue weighted by Crippen LogP contribution is -2.27. The molecule has 2 aliphatic rings. The van der Waals surface area contributed by atoms with Crippen molar-refractivity contribution in [2.75, 3.05) is 11.9 Å². The van der Waals surface area contributed by atoms with Gasteiger partial charge in [0.25, 0.3) is 5.91 Å². The number of esters is 1. The molecule has 0 radical (unpaired) electrons. The maximum absolute atomic E-state index is 13.6. The maximum atomic E-state index is 13.6. The maximum Gasteiger partial charge on any atom is 0.330 e. The van der Waals surface area contributed by atoms with Crippen LogP contribution in [0.25, 0.3) is 0 Å². The first-order valence-corrected chi connectivity index (χ1v) is 12.8. The molecule has 2 aromatic rings. The average molecular weight is 528 g/mol. The van der Waals surface area contributed by atoms with Crippen molar-refractivity contribution in [2.45, 2.75) is 36.3 Å². The Hall–Kier alpha value is -2.85. The molecule has 3 atom stereocenters. The van der Waals surface area contributed by atoms with Crippen molar-refractivity contribution in [1.29, 1.82) is 0 Å². The Bertz CT molecular complexity index is 1320. The van der Waals surface area contributed by atoms with Crippen molar-refractivity contribution in [3.63, 3.8) is 0 Å². The highest BCUT2D eigenvalue weighted by atomic mass is 35.5. The Kier molecular flexibility index (Phi) is 6.97. The van der Waals surface area contributed by atoms with Gasteiger partial charge in [-0.1, -0.05) is 17.2 Å². The minimum Gasteiger partial charge on any atom is -0.463 e. The smallest absolute Gasteiger partial charge is 0.330 e. The first-order chi connectivity index (χ1) is 16.5. The first-order valence-electron chi connectivity index (χ1n) is 10.9. The van der Waals surface area contributed by atoms with Crippen LogP contribution in [0.15, 0.2) is 46.9 Å². The lowest BCUT2D eigenvalue weighted by atomic mass is 9.94. The van der Waals surface area contributed by atoms with E-state index in [2.05, 4.69) is 5.32 Å². The third kappa shape index (κ3) is 4.81. The molecule has 186 valence electrons. The van der Waals surface area contributed by atoms with E-state index in [-0.39, 0.29) is 39.6 Å². The number of amides is 1. The van der Waals surface area contributed by atoms with E-state index in [1.165, 1.54) is 18.2 Å². The van der Waals surface area contributed by atoms with Crippen molar-refractivity contribution in [2.24, 2.45) is 11.8 Å². The van der Waals surface area contributed by atoms with Gasteiger partial charge in [0, 0.05) is 29.5 Å². The van der Waals surface area contributed by atoms with Crippen LogP contribution in [0, 0.1) is 29.3 Å². The lowest BCUT2D eigenvalue weighted by molar-refractivity contribution is -0.137. The third-order valence-electron chi connectivity index (χ3n) is 6.37. The van der Waals surface area contributed by atoms with Crippen LogP contribution in [0.4, 0.5) is 18.9 Å². The second-order valence-corrected chi connectivity index (χ2v) is 11.0. The van der Waals surface area contributed by atoms with E-state index in [1.807, 2.05) is 0 Å². The lowest BCUT2D eigenvalue weighted by Gasteiger charge is -2.18. The average Bonchev–Trinajstić information content (AvgIpc) is 3.36. The van der Waals surface area contributed by atoms with Crippen LogP contribution in [0.2, 0.25) is 5.02 Å². The fourth-order valence-corrected chi connectivity index (χ4v) is 7.78.